The van der Waals surface area contributed by atoms with E-state index in [0.717, 1.165) is 33.6 Å². The van der Waals surface area contributed by atoms with E-state index in [0.29, 0.717) is 41.2 Å². The van der Waals surface area contributed by atoms with Crippen LogP contribution in [-0.4, -0.2) is 43.6 Å². The molecule has 0 saturated heterocycles. The molecule has 0 saturated carbocycles. The van der Waals surface area contributed by atoms with Gasteiger partial charge in [-0.25, -0.2) is 19.2 Å². The normalized spacial score (nSPS) is 13.9. The van der Waals surface area contributed by atoms with Crippen LogP contribution in [-0.2, 0) is 6.42 Å². The first-order valence-corrected chi connectivity index (χ1v) is 13.0. The minimum Gasteiger partial charge on any atom is -0.493 e. The first kappa shape index (κ1) is 23.9. The lowest BCUT2D eigenvalue weighted by Gasteiger charge is -2.26. The summed E-state index contributed by atoms with van der Waals surface area (Å²) >= 11 is 0. The van der Waals surface area contributed by atoms with E-state index in [1.807, 2.05) is 78.3 Å². The first-order chi connectivity index (χ1) is 19.6. The third-order valence-electron chi connectivity index (χ3n) is 7.21. The number of para-hydroxylation sites is 1. The van der Waals surface area contributed by atoms with E-state index >= 15 is 0 Å². The smallest absolute Gasteiger partial charge is 0.230 e. The quantitative estimate of drug-likeness (QED) is 0.280. The second-order valence-electron chi connectivity index (χ2n) is 9.62. The summed E-state index contributed by atoms with van der Waals surface area (Å²) in [7, 11) is 3.25. The van der Waals surface area contributed by atoms with Crippen molar-refractivity contribution in [3.05, 3.63) is 119 Å². The monoisotopic (exact) mass is 530 g/mol. The third-order valence-corrected chi connectivity index (χ3v) is 7.21. The molecule has 1 atom stereocenters. The second-order valence-corrected chi connectivity index (χ2v) is 9.62. The fourth-order valence-corrected chi connectivity index (χ4v) is 5.39. The molecule has 40 heavy (non-hydrogen) atoms. The van der Waals surface area contributed by atoms with Crippen LogP contribution in [0.3, 0.4) is 0 Å². The van der Waals surface area contributed by atoms with Gasteiger partial charge in [-0.1, -0.05) is 54.6 Å². The van der Waals surface area contributed by atoms with Gasteiger partial charge in [-0.05, 0) is 42.3 Å². The maximum absolute atomic E-state index is 6.50. The molecule has 198 valence electrons. The van der Waals surface area contributed by atoms with Gasteiger partial charge in [0.1, 0.15) is 6.33 Å². The Morgan fingerprint density at radius 2 is 1.60 bits per heavy atom. The summed E-state index contributed by atoms with van der Waals surface area (Å²) in [6, 6.07) is 26.2. The molecular formula is C31H26N6O3. The lowest BCUT2D eigenvalue weighted by molar-refractivity contribution is 0.354. The molecule has 0 amide bonds. The average Bonchev–Trinajstić information content (AvgIpc) is 3.57. The van der Waals surface area contributed by atoms with Crippen molar-refractivity contribution in [2.75, 3.05) is 14.2 Å². The number of aryl methyl sites for hydroxylation is 1. The number of fused-ring (bicyclic) bond motifs is 4. The summed E-state index contributed by atoms with van der Waals surface area (Å²) in [6.07, 6.45) is 2.17. The van der Waals surface area contributed by atoms with Crippen LogP contribution >= 0.6 is 0 Å². The molecule has 0 unspecified atom stereocenters. The molecule has 9 nitrogen and oxygen atoms in total. The van der Waals surface area contributed by atoms with Gasteiger partial charge in [0.2, 0.25) is 11.8 Å². The summed E-state index contributed by atoms with van der Waals surface area (Å²) in [4.78, 5) is 9.69. The van der Waals surface area contributed by atoms with Crippen LogP contribution in [0.25, 0.3) is 11.3 Å². The molecule has 1 aliphatic rings. The minimum absolute atomic E-state index is 0.188. The van der Waals surface area contributed by atoms with E-state index in [4.69, 9.17) is 34.4 Å². The molecular weight excluding hydrogens is 504 g/mol. The number of methoxy groups -OCH3 is 2. The molecule has 1 aliphatic heterocycles. The van der Waals surface area contributed by atoms with Crippen LogP contribution in [0.4, 0.5) is 0 Å². The zero-order chi connectivity index (χ0) is 27.2. The van der Waals surface area contributed by atoms with Gasteiger partial charge in [0.05, 0.1) is 42.6 Å². The van der Waals surface area contributed by atoms with Gasteiger partial charge in [-0.3, -0.25) is 0 Å². The number of nitrogens with zero attached hydrogens (tertiary/aromatic N) is 6. The van der Waals surface area contributed by atoms with Crippen molar-refractivity contribution in [2.45, 2.75) is 19.3 Å². The number of hydrogen-bond donors (Lipinski definition) is 0. The van der Waals surface area contributed by atoms with Crippen molar-refractivity contribution in [1.82, 2.24) is 29.4 Å². The highest BCUT2D eigenvalue weighted by atomic mass is 16.5. The number of benzene rings is 3. The third kappa shape index (κ3) is 3.86. The Morgan fingerprint density at radius 3 is 2.35 bits per heavy atom. The van der Waals surface area contributed by atoms with E-state index in [1.54, 1.807) is 25.1 Å². The average molecular weight is 531 g/mol. The van der Waals surface area contributed by atoms with Gasteiger partial charge in [-0.15, -0.1) is 5.10 Å². The van der Waals surface area contributed by atoms with E-state index in [1.165, 1.54) is 0 Å². The minimum atomic E-state index is -0.188. The van der Waals surface area contributed by atoms with E-state index < -0.39 is 0 Å². The van der Waals surface area contributed by atoms with Gasteiger partial charge in [0.15, 0.2) is 23.0 Å². The Hall–Kier alpha value is -5.18. The van der Waals surface area contributed by atoms with Crippen LogP contribution in [0.1, 0.15) is 39.7 Å². The highest BCUT2D eigenvalue weighted by Crippen LogP contribution is 2.49. The summed E-state index contributed by atoms with van der Waals surface area (Å²) in [5.41, 5.74) is 6.46. The van der Waals surface area contributed by atoms with Crippen molar-refractivity contribution in [3.8, 4) is 28.9 Å². The predicted octanol–water partition coefficient (Wildman–Crippen LogP) is 5.51. The molecule has 0 bridgehead atoms. The van der Waals surface area contributed by atoms with Gasteiger partial charge in [-0.2, -0.15) is 5.10 Å². The lowest BCUT2D eigenvalue weighted by atomic mass is 9.84. The topological polar surface area (TPSA) is 88.6 Å². The molecule has 7 rings (SSSR count). The highest BCUT2D eigenvalue weighted by molar-refractivity contribution is 5.66. The zero-order valence-corrected chi connectivity index (χ0v) is 22.3. The first-order valence-electron chi connectivity index (χ1n) is 13.0. The van der Waals surface area contributed by atoms with Crippen molar-refractivity contribution in [3.63, 3.8) is 0 Å². The Morgan fingerprint density at radius 1 is 0.850 bits per heavy atom. The van der Waals surface area contributed by atoms with E-state index in [9.17, 15) is 0 Å². The van der Waals surface area contributed by atoms with Crippen molar-refractivity contribution in [1.29, 1.82) is 0 Å². The van der Waals surface area contributed by atoms with Gasteiger partial charge in [0.25, 0.3) is 0 Å². The Kier molecular flexibility index (Phi) is 5.70. The lowest BCUT2D eigenvalue weighted by Crippen LogP contribution is -2.16. The standard InChI is InChI=1S/C31H26N6O3/c1-19-26-27(21-10-6-4-7-11-21)28-29-33-25(17-20-14-15-23(38-2)24(16-20)39-3)35-36(29)18-32-30(28)40-31(26)37(34-19)22-12-8-5-9-13-22/h4-16,18,27H,17H2,1-3H3/t27-/m1/s1. The van der Waals surface area contributed by atoms with Crippen LogP contribution in [0.5, 0.6) is 23.3 Å². The fraction of sp³-hybridized carbons (Fsp3) is 0.161. The number of ether oxygens (including phenoxy) is 3. The molecule has 6 aromatic rings. The van der Waals surface area contributed by atoms with Crippen LogP contribution < -0.4 is 14.2 Å². The molecule has 9 heteroatoms. The van der Waals surface area contributed by atoms with Crippen molar-refractivity contribution in [2.24, 2.45) is 0 Å². The number of rotatable bonds is 6. The predicted molar refractivity (Wildman–Crippen MR) is 149 cm³/mol. The molecule has 0 spiro atoms. The molecule has 4 heterocycles. The number of hydrogen-bond acceptors (Lipinski definition) is 7. The van der Waals surface area contributed by atoms with Gasteiger partial charge in [0, 0.05) is 6.42 Å². The highest BCUT2D eigenvalue weighted by Gasteiger charge is 2.38. The summed E-state index contributed by atoms with van der Waals surface area (Å²) in [6.45, 7) is 2.02. The summed E-state index contributed by atoms with van der Waals surface area (Å²) < 4.78 is 21.0. The SMILES string of the molecule is COc1ccc(Cc2nc3c4c(ncn3n2)Oc2c(c(C)nn2-c2ccccc2)[C@H]4c2ccccc2)cc1OC. The molecule has 3 aromatic carbocycles. The van der Waals surface area contributed by atoms with Gasteiger partial charge < -0.3 is 14.2 Å². The van der Waals surface area contributed by atoms with Crippen molar-refractivity contribution >= 4 is 5.65 Å². The molecule has 3 aromatic heterocycles. The second kappa shape index (κ2) is 9.53. The van der Waals surface area contributed by atoms with Crippen molar-refractivity contribution < 1.29 is 14.2 Å². The van der Waals surface area contributed by atoms with Crippen LogP contribution in [0.15, 0.2) is 85.2 Å². The fourth-order valence-electron chi connectivity index (χ4n) is 5.39. The Balaban J connectivity index is 1.38. The Bertz CT molecular complexity index is 1850. The van der Waals surface area contributed by atoms with Crippen LogP contribution in [0, 0.1) is 6.92 Å². The molecule has 0 aliphatic carbocycles. The maximum atomic E-state index is 6.50. The molecule has 0 radical (unpaired) electrons. The van der Waals surface area contributed by atoms with Crippen LogP contribution in [0.2, 0.25) is 0 Å². The van der Waals surface area contributed by atoms with E-state index in [2.05, 4.69) is 12.1 Å². The van der Waals surface area contributed by atoms with Gasteiger partial charge >= 0.3 is 0 Å². The van der Waals surface area contributed by atoms with E-state index in [-0.39, 0.29) is 5.92 Å². The largest absolute Gasteiger partial charge is 0.493 e. The molecule has 0 N–H and O–H groups in total. The zero-order valence-electron chi connectivity index (χ0n) is 22.3. The maximum Gasteiger partial charge on any atom is 0.230 e. The summed E-state index contributed by atoms with van der Waals surface area (Å²) in [5.74, 6) is 2.97. The Labute approximate surface area is 230 Å². The molecule has 0 fully saturated rings. The number of aromatic nitrogens is 6. The summed E-state index contributed by atoms with van der Waals surface area (Å²) in [5, 5.41) is 9.66.